The van der Waals surface area contributed by atoms with E-state index in [-0.39, 0.29) is 26.8 Å². The molecule has 0 radical (unpaired) electrons. The summed E-state index contributed by atoms with van der Waals surface area (Å²) in [7, 11) is 0. The number of nitrogens with zero attached hydrogens (tertiary/aromatic N) is 3. The van der Waals surface area contributed by atoms with Crippen molar-refractivity contribution in [3.63, 3.8) is 0 Å². The van der Waals surface area contributed by atoms with E-state index in [9.17, 15) is 6.48 Å². The number of hydrogen-bond donors (Lipinski definition) is 1. The number of pyridine rings is 1. The summed E-state index contributed by atoms with van der Waals surface area (Å²) >= 11 is 0. The minimum Gasteiger partial charge on any atom is -0.507 e. The van der Waals surface area contributed by atoms with Gasteiger partial charge in [-0.3, -0.25) is 9.55 Å². The molecule has 10 rings (SSSR count). The summed E-state index contributed by atoms with van der Waals surface area (Å²) in [6.45, 7) is 11.7. The Bertz CT molecular complexity index is 3480. The molecule has 0 aliphatic carbocycles. The molecule has 0 unspecified atom stereocenters. The number of fused-ring (bicyclic) bond motifs is 1. The van der Waals surface area contributed by atoms with Gasteiger partial charge in [0.05, 0.1) is 22.3 Å². The van der Waals surface area contributed by atoms with E-state index in [0.29, 0.717) is 11.4 Å². The van der Waals surface area contributed by atoms with Crippen LogP contribution in [0.3, 0.4) is 0 Å². The van der Waals surface area contributed by atoms with Crippen LogP contribution in [-0.2, 0) is 21.1 Å². The first-order valence-electron chi connectivity index (χ1n) is 23.5. The number of rotatable bonds is 10. The van der Waals surface area contributed by atoms with Crippen molar-refractivity contribution in [2.24, 2.45) is 0 Å². The summed E-state index contributed by atoms with van der Waals surface area (Å²) in [5.74, 6) is -0.851. The zero-order valence-electron chi connectivity index (χ0n) is 40.5. The summed E-state index contributed by atoms with van der Waals surface area (Å²) in [6.07, 6.45) is 1.85. The molecule has 0 atom stereocenters. The summed E-state index contributed by atoms with van der Waals surface area (Å²) in [5, 5.41) is 12.0. The first-order chi connectivity index (χ1) is 32.7. The van der Waals surface area contributed by atoms with Gasteiger partial charge in [-0.05, 0) is 112 Å². The molecule has 0 bridgehead atoms. The van der Waals surface area contributed by atoms with E-state index in [2.05, 4.69) is 120 Å². The quantitative estimate of drug-likeness (QED) is 0.139. The topological polar surface area (TPSA) is 50.9 Å². The van der Waals surface area contributed by atoms with Gasteiger partial charge < -0.3 is 5.11 Å². The Hall–Kier alpha value is -7.13. The smallest absolute Gasteiger partial charge is 0.148 e. The van der Waals surface area contributed by atoms with Crippen LogP contribution in [-0.4, -0.2) is 19.6 Å². The van der Waals surface area contributed by atoms with Gasteiger partial charge in [-0.15, -0.1) is 23.8 Å². The van der Waals surface area contributed by atoms with E-state index in [4.69, 9.17) is 11.3 Å². The molecule has 4 nitrogen and oxygen atoms in total. The number of para-hydroxylation sites is 1. The second-order valence-corrected chi connectivity index (χ2v) is 17.6. The average molecular weight is 1050 g/mol. The third kappa shape index (κ3) is 8.83. The van der Waals surface area contributed by atoms with Gasteiger partial charge in [0.25, 0.3) is 0 Å². The van der Waals surface area contributed by atoms with Crippen molar-refractivity contribution in [2.75, 3.05) is 0 Å². The second kappa shape index (κ2) is 19.0. The fourth-order valence-electron chi connectivity index (χ4n) is 9.17. The molecule has 0 saturated heterocycles. The molecule has 332 valence electrons. The molecule has 1 N–H and O–H groups in total. The molecular formula is C62H52N3OPt-. The average Bonchev–Trinajstić information content (AvgIpc) is 3.74. The summed E-state index contributed by atoms with van der Waals surface area (Å²) in [5.41, 5.74) is 18.1. The molecule has 8 aromatic carbocycles. The maximum atomic E-state index is 12.0. The zero-order valence-corrected chi connectivity index (χ0v) is 40.8. The van der Waals surface area contributed by atoms with Crippen molar-refractivity contribution >= 4 is 11.0 Å². The van der Waals surface area contributed by atoms with E-state index < -0.39 is 11.8 Å². The largest absolute Gasteiger partial charge is 0.507 e. The van der Waals surface area contributed by atoms with Crippen molar-refractivity contribution in [3.8, 4) is 89.7 Å². The first-order valence-corrected chi connectivity index (χ1v) is 22.5. The van der Waals surface area contributed by atoms with Gasteiger partial charge in [-0.2, -0.15) is 0 Å². The molecule has 0 saturated carbocycles. The summed E-state index contributed by atoms with van der Waals surface area (Å²) < 4.78 is 20.2. The Morgan fingerprint density at radius 3 is 1.82 bits per heavy atom. The van der Waals surface area contributed by atoms with Crippen LogP contribution in [0.15, 0.2) is 188 Å². The second-order valence-electron chi connectivity index (χ2n) is 17.6. The van der Waals surface area contributed by atoms with Crippen molar-refractivity contribution in [2.45, 2.75) is 53.3 Å². The number of aromatic hydroxyl groups is 1. The molecule has 5 heteroatoms. The molecule has 0 spiro atoms. The van der Waals surface area contributed by atoms with Crippen molar-refractivity contribution in [1.82, 2.24) is 14.5 Å². The molecule has 67 heavy (non-hydrogen) atoms. The Morgan fingerprint density at radius 2 is 1.16 bits per heavy atom. The SMILES string of the molecule is [2H]C(C)(C)c1ccc(-c2ccnc(-c3[c-]c(-c4cccc5c4nc(-c4cc(C)cc(C)c4O)n5-c4cc(-c5ccccc5)c(C([2H])(C)C)cc4-c4ccccc4)cc(-c4ccccc4)c3)c2)cc1.[Pt]. The maximum absolute atomic E-state index is 12.0. The summed E-state index contributed by atoms with van der Waals surface area (Å²) in [6, 6.07) is 66.2. The molecule has 2 heterocycles. The molecular weight excluding hydrogens is 998 g/mol. The van der Waals surface area contributed by atoms with E-state index in [1.54, 1.807) is 0 Å². The third-order valence-electron chi connectivity index (χ3n) is 12.6. The number of imidazole rings is 1. The Morgan fingerprint density at radius 1 is 0.537 bits per heavy atom. The molecule has 0 aliphatic rings. The van der Waals surface area contributed by atoms with Gasteiger partial charge in [0, 0.05) is 41.3 Å². The van der Waals surface area contributed by atoms with Gasteiger partial charge >= 0.3 is 0 Å². The van der Waals surface area contributed by atoms with Crippen molar-refractivity contribution in [3.05, 3.63) is 217 Å². The van der Waals surface area contributed by atoms with Crippen LogP contribution in [0.25, 0.3) is 95.0 Å². The Balaban J connectivity index is 0.00000593. The number of aryl methyl sites for hydroxylation is 2. The minimum absolute atomic E-state index is 0. The first kappa shape index (κ1) is 42.5. The monoisotopic (exact) mass is 1050 g/mol. The molecule has 0 aliphatic heterocycles. The van der Waals surface area contributed by atoms with E-state index in [1.165, 1.54) is 0 Å². The molecule has 10 aromatic rings. The minimum atomic E-state index is -0.929. The normalized spacial score (nSPS) is 12.1. The number of phenolic OH excluding ortho intramolecular Hbond substituents is 1. The van der Waals surface area contributed by atoms with Crippen LogP contribution >= 0.6 is 0 Å². The van der Waals surface area contributed by atoms with Gasteiger partial charge in [-0.1, -0.05) is 184 Å². The van der Waals surface area contributed by atoms with Crippen molar-refractivity contribution < 1.29 is 28.9 Å². The number of aromatic nitrogens is 3. The van der Waals surface area contributed by atoms with Gasteiger partial charge in [0.1, 0.15) is 11.6 Å². The molecule has 0 fully saturated rings. The standard InChI is InChI=1S/C62H52N3O.Pt/c1-39(2)43-25-27-45(28-26-43)48-29-30-63-57(36-48)51-34-49(44-17-10-7-11-18-44)33-50(35-51)52-23-16-24-58-60(52)64-62(56-32-41(5)31-42(6)61(56)66)65(58)59-38-54(46-19-12-8-13-20-46)53(40(3)4)37-55(59)47-21-14-9-15-22-47;/h7-34,36-40,66H,1-6H3;/q-1;/i39D,40D;. The van der Waals surface area contributed by atoms with Crippen LogP contribution in [0.5, 0.6) is 5.75 Å². The van der Waals surface area contributed by atoms with E-state index >= 15 is 0 Å². The fourth-order valence-corrected chi connectivity index (χ4v) is 9.17. The van der Waals surface area contributed by atoms with E-state index in [1.807, 2.05) is 121 Å². The summed E-state index contributed by atoms with van der Waals surface area (Å²) in [4.78, 5) is 10.5. The predicted molar refractivity (Wildman–Crippen MR) is 275 cm³/mol. The van der Waals surface area contributed by atoms with Crippen LogP contribution in [0.4, 0.5) is 0 Å². The van der Waals surface area contributed by atoms with Crippen LogP contribution in [0.2, 0.25) is 0 Å². The number of hydrogen-bond acceptors (Lipinski definition) is 3. The van der Waals surface area contributed by atoms with Gasteiger partial charge in [0.2, 0.25) is 0 Å². The zero-order chi connectivity index (χ0) is 47.3. The van der Waals surface area contributed by atoms with Gasteiger partial charge in [0.15, 0.2) is 0 Å². The fraction of sp³-hybridized carbons (Fsp3) is 0.129. The van der Waals surface area contributed by atoms with E-state index in [0.717, 1.165) is 106 Å². The van der Waals surface area contributed by atoms with Crippen LogP contribution in [0, 0.1) is 19.9 Å². The Labute approximate surface area is 411 Å². The van der Waals surface area contributed by atoms with Crippen molar-refractivity contribution in [1.29, 1.82) is 0 Å². The predicted octanol–water partition coefficient (Wildman–Crippen LogP) is 16.5. The Kier molecular flexibility index (Phi) is 12.1. The maximum Gasteiger partial charge on any atom is 0.148 e. The molecule has 0 amide bonds. The number of benzene rings is 8. The van der Waals surface area contributed by atoms with Crippen LogP contribution in [0.1, 0.15) is 64.5 Å². The third-order valence-corrected chi connectivity index (χ3v) is 12.6. The van der Waals surface area contributed by atoms with Crippen LogP contribution < -0.4 is 0 Å². The van der Waals surface area contributed by atoms with Gasteiger partial charge in [-0.25, -0.2) is 4.98 Å². The number of phenols is 1. The molecule has 2 aromatic heterocycles.